The van der Waals surface area contributed by atoms with Gasteiger partial charge in [0.2, 0.25) is 0 Å². The Morgan fingerprint density at radius 3 is 2.60 bits per heavy atom. The van der Waals surface area contributed by atoms with Gasteiger partial charge in [-0.2, -0.15) is 0 Å². The van der Waals surface area contributed by atoms with Crippen molar-refractivity contribution in [2.24, 2.45) is 0 Å². The molecule has 0 radical (unpaired) electrons. The first-order valence-electron chi connectivity index (χ1n) is 7.54. The zero-order valence-electron chi connectivity index (χ0n) is 11.7. The van der Waals surface area contributed by atoms with E-state index in [4.69, 9.17) is 4.74 Å². The van der Waals surface area contributed by atoms with Gasteiger partial charge in [0.1, 0.15) is 11.2 Å². The van der Waals surface area contributed by atoms with Gasteiger partial charge in [-0.15, -0.1) is 5.10 Å². The van der Waals surface area contributed by atoms with Gasteiger partial charge in [0.05, 0.1) is 18.7 Å². The van der Waals surface area contributed by atoms with Crippen LogP contribution in [-0.4, -0.2) is 46.2 Å². The number of nitrogens with zero attached hydrogens (tertiary/aromatic N) is 4. The van der Waals surface area contributed by atoms with Crippen LogP contribution in [0.3, 0.4) is 0 Å². The van der Waals surface area contributed by atoms with E-state index < -0.39 is 0 Å². The van der Waals surface area contributed by atoms with Crippen molar-refractivity contribution in [1.29, 1.82) is 0 Å². The van der Waals surface area contributed by atoms with Crippen molar-refractivity contribution in [2.45, 2.75) is 31.3 Å². The maximum absolute atomic E-state index is 5.52. The van der Waals surface area contributed by atoms with E-state index in [0.29, 0.717) is 0 Å². The molecule has 0 N–H and O–H groups in total. The van der Waals surface area contributed by atoms with E-state index in [9.17, 15) is 0 Å². The lowest BCUT2D eigenvalue weighted by atomic mass is 10.1. The average molecular weight is 272 g/mol. The Labute approximate surface area is 118 Å². The van der Waals surface area contributed by atoms with Crippen LogP contribution in [-0.2, 0) is 10.4 Å². The third-order valence-electron chi connectivity index (χ3n) is 4.75. The molecule has 5 nitrogen and oxygen atoms in total. The fourth-order valence-electron chi connectivity index (χ4n) is 3.76. The van der Waals surface area contributed by atoms with Crippen LogP contribution in [0.2, 0.25) is 0 Å². The van der Waals surface area contributed by atoms with Crippen LogP contribution in [0, 0.1) is 0 Å². The van der Waals surface area contributed by atoms with Crippen LogP contribution in [0.1, 0.15) is 25.7 Å². The Balaban J connectivity index is 1.82. The quantitative estimate of drug-likeness (QED) is 0.838. The second kappa shape index (κ2) is 4.82. The van der Waals surface area contributed by atoms with E-state index in [0.717, 1.165) is 37.3 Å². The molecular formula is C15H20N4O. The first-order chi connectivity index (χ1) is 9.90. The van der Waals surface area contributed by atoms with Gasteiger partial charge in [-0.1, -0.05) is 17.3 Å². The van der Waals surface area contributed by atoms with E-state index >= 15 is 0 Å². The molecule has 0 unspecified atom stereocenters. The zero-order valence-corrected chi connectivity index (χ0v) is 11.7. The molecule has 0 atom stereocenters. The van der Waals surface area contributed by atoms with Gasteiger partial charge in [-0.05, 0) is 37.8 Å². The van der Waals surface area contributed by atoms with Gasteiger partial charge < -0.3 is 4.74 Å². The van der Waals surface area contributed by atoms with Crippen LogP contribution < -0.4 is 0 Å². The minimum absolute atomic E-state index is 0.0138. The second-order valence-electron chi connectivity index (χ2n) is 5.78. The molecular weight excluding hydrogens is 252 g/mol. The standard InChI is InChI=1S/C15H20N4O/c1-2-6-14-13(5-1)16-17-19(14)15(7-3-4-8-15)18-9-11-20-12-10-18/h1-2,5-6H,3-4,7-12H2. The summed E-state index contributed by atoms with van der Waals surface area (Å²) < 4.78 is 7.70. The molecule has 4 rings (SSSR count). The summed E-state index contributed by atoms with van der Waals surface area (Å²) in [6.45, 7) is 3.64. The number of rotatable bonds is 2. The van der Waals surface area contributed by atoms with E-state index in [1.807, 2.05) is 12.1 Å². The summed E-state index contributed by atoms with van der Waals surface area (Å²) in [5.74, 6) is 0. The van der Waals surface area contributed by atoms with E-state index in [1.165, 1.54) is 25.7 Å². The Hall–Kier alpha value is -1.46. The minimum Gasteiger partial charge on any atom is -0.379 e. The molecule has 2 fully saturated rings. The van der Waals surface area contributed by atoms with Crippen LogP contribution in [0.25, 0.3) is 11.0 Å². The third kappa shape index (κ3) is 1.77. The monoisotopic (exact) mass is 272 g/mol. The molecule has 0 bridgehead atoms. The molecule has 1 saturated carbocycles. The van der Waals surface area contributed by atoms with Crippen molar-refractivity contribution in [3.05, 3.63) is 24.3 Å². The molecule has 5 heteroatoms. The maximum Gasteiger partial charge on any atom is 0.117 e. The first kappa shape index (κ1) is 12.3. The average Bonchev–Trinajstić information content (AvgIpc) is 3.15. The SMILES string of the molecule is c1ccc2c(c1)nnn2C1(N2CCOCC2)CCCC1. The maximum atomic E-state index is 5.52. The van der Waals surface area contributed by atoms with E-state index in [2.05, 4.69) is 32.0 Å². The number of benzene rings is 1. The van der Waals surface area contributed by atoms with Gasteiger partial charge in [-0.25, -0.2) is 4.68 Å². The number of hydrogen-bond donors (Lipinski definition) is 0. The van der Waals surface area contributed by atoms with E-state index in [-0.39, 0.29) is 5.66 Å². The van der Waals surface area contributed by atoms with Crippen molar-refractivity contribution in [3.63, 3.8) is 0 Å². The van der Waals surface area contributed by atoms with Crippen LogP contribution in [0.4, 0.5) is 0 Å². The second-order valence-corrected chi connectivity index (χ2v) is 5.78. The minimum atomic E-state index is 0.0138. The molecule has 20 heavy (non-hydrogen) atoms. The van der Waals surface area contributed by atoms with Crippen LogP contribution in [0.15, 0.2) is 24.3 Å². The third-order valence-corrected chi connectivity index (χ3v) is 4.75. The predicted molar refractivity (Wildman–Crippen MR) is 76.4 cm³/mol. The Morgan fingerprint density at radius 2 is 1.80 bits per heavy atom. The highest BCUT2D eigenvalue weighted by Gasteiger charge is 2.43. The summed E-state index contributed by atoms with van der Waals surface area (Å²) in [5.41, 5.74) is 2.16. The van der Waals surface area contributed by atoms with Crippen molar-refractivity contribution < 1.29 is 4.74 Å². The van der Waals surface area contributed by atoms with Gasteiger partial charge in [-0.3, -0.25) is 4.90 Å². The molecule has 1 aromatic carbocycles. The van der Waals surface area contributed by atoms with Crippen molar-refractivity contribution >= 4 is 11.0 Å². The Morgan fingerprint density at radius 1 is 1.05 bits per heavy atom. The van der Waals surface area contributed by atoms with Crippen LogP contribution in [0.5, 0.6) is 0 Å². The van der Waals surface area contributed by atoms with Gasteiger partial charge in [0.25, 0.3) is 0 Å². The lowest BCUT2D eigenvalue weighted by Crippen LogP contribution is -2.53. The number of fused-ring (bicyclic) bond motifs is 1. The first-order valence-corrected chi connectivity index (χ1v) is 7.54. The molecule has 2 aromatic rings. The van der Waals surface area contributed by atoms with Gasteiger partial charge in [0.15, 0.2) is 0 Å². The smallest absolute Gasteiger partial charge is 0.117 e. The van der Waals surface area contributed by atoms with Crippen molar-refractivity contribution in [3.8, 4) is 0 Å². The van der Waals surface area contributed by atoms with Crippen LogP contribution >= 0.6 is 0 Å². The predicted octanol–water partition coefficient (Wildman–Crippen LogP) is 1.99. The molecule has 1 aliphatic heterocycles. The normalized spacial score (nSPS) is 23.4. The Kier molecular flexibility index (Phi) is 2.97. The highest BCUT2D eigenvalue weighted by molar-refractivity contribution is 5.74. The summed E-state index contributed by atoms with van der Waals surface area (Å²) in [6.07, 6.45) is 4.87. The molecule has 2 heterocycles. The molecule has 0 spiro atoms. The lowest BCUT2D eigenvalue weighted by molar-refractivity contribution is -0.0602. The molecule has 1 saturated heterocycles. The summed E-state index contributed by atoms with van der Waals surface area (Å²) in [7, 11) is 0. The Bertz CT molecular complexity index is 597. The number of morpholine rings is 1. The molecule has 2 aliphatic rings. The van der Waals surface area contributed by atoms with E-state index in [1.54, 1.807) is 0 Å². The number of aromatic nitrogens is 3. The number of hydrogen-bond acceptors (Lipinski definition) is 4. The summed E-state index contributed by atoms with van der Waals surface area (Å²) >= 11 is 0. The number of para-hydroxylation sites is 1. The molecule has 1 aromatic heterocycles. The summed E-state index contributed by atoms with van der Waals surface area (Å²) in [6, 6.07) is 8.28. The lowest BCUT2D eigenvalue weighted by Gasteiger charge is -2.43. The topological polar surface area (TPSA) is 43.2 Å². The molecule has 106 valence electrons. The molecule has 1 aliphatic carbocycles. The van der Waals surface area contributed by atoms with Gasteiger partial charge in [0, 0.05) is 13.1 Å². The fourth-order valence-corrected chi connectivity index (χ4v) is 3.76. The fraction of sp³-hybridized carbons (Fsp3) is 0.600. The van der Waals surface area contributed by atoms with Crippen molar-refractivity contribution in [2.75, 3.05) is 26.3 Å². The zero-order chi connectivity index (χ0) is 13.4. The number of ether oxygens (including phenoxy) is 1. The van der Waals surface area contributed by atoms with Crippen molar-refractivity contribution in [1.82, 2.24) is 19.9 Å². The summed E-state index contributed by atoms with van der Waals surface area (Å²) in [4.78, 5) is 2.56. The highest BCUT2D eigenvalue weighted by Crippen LogP contribution is 2.41. The van der Waals surface area contributed by atoms with Gasteiger partial charge >= 0.3 is 0 Å². The summed E-state index contributed by atoms with van der Waals surface area (Å²) in [5, 5.41) is 8.87. The highest BCUT2D eigenvalue weighted by atomic mass is 16.5. The molecule has 0 amide bonds. The largest absolute Gasteiger partial charge is 0.379 e.